The van der Waals surface area contributed by atoms with Crippen molar-refractivity contribution in [2.45, 2.75) is 26.2 Å². The van der Waals surface area contributed by atoms with Gasteiger partial charge < -0.3 is 4.98 Å². The topological polar surface area (TPSA) is 28.7 Å². The van der Waals surface area contributed by atoms with Gasteiger partial charge in [-0.3, -0.25) is 0 Å². The molecule has 2 aromatic rings. The Morgan fingerprint density at radius 2 is 1.76 bits per heavy atom. The molecule has 0 unspecified atom stereocenters. The first-order chi connectivity index (χ1) is 7.97. The smallest absolute Gasteiger partial charge is 0.139 e. The SMILES string of the molecule is CC(C)(C)c1cc(=S)nc(-c2ccccc2)[nH]1. The molecule has 0 aliphatic heterocycles. The van der Waals surface area contributed by atoms with Gasteiger partial charge in [-0.2, -0.15) is 0 Å². The number of hydrogen-bond acceptors (Lipinski definition) is 2. The van der Waals surface area contributed by atoms with Crippen molar-refractivity contribution in [1.82, 2.24) is 9.97 Å². The van der Waals surface area contributed by atoms with Gasteiger partial charge in [0.1, 0.15) is 10.5 Å². The molecular formula is C14H16N2S. The number of aromatic amines is 1. The normalized spacial score (nSPS) is 11.5. The van der Waals surface area contributed by atoms with E-state index in [9.17, 15) is 0 Å². The summed E-state index contributed by atoms with van der Waals surface area (Å²) < 4.78 is 0.632. The molecular weight excluding hydrogens is 228 g/mol. The third-order valence-electron chi connectivity index (χ3n) is 2.60. The van der Waals surface area contributed by atoms with Crippen LogP contribution in [-0.4, -0.2) is 9.97 Å². The first kappa shape index (κ1) is 12.0. The van der Waals surface area contributed by atoms with Crippen LogP contribution in [0.1, 0.15) is 26.5 Å². The summed E-state index contributed by atoms with van der Waals surface area (Å²) in [5.41, 5.74) is 2.21. The van der Waals surface area contributed by atoms with E-state index in [2.05, 4.69) is 30.7 Å². The van der Waals surface area contributed by atoms with E-state index in [1.807, 2.05) is 36.4 Å². The number of nitrogens with one attached hydrogen (secondary N) is 1. The van der Waals surface area contributed by atoms with Crippen LogP contribution in [0.3, 0.4) is 0 Å². The Labute approximate surface area is 107 Å². The van der Waals surface area contributed by atoms with Crippen molar-refractivity contribution in [3.63, 3.8) is 0 Å². The van der Waals surface area contributed by atoms with Gasteiger partial charge in [-0.1, -0.05) is 63.3 Å². The van der Waals surface area contributed by atoms with E-state index in [1.54, 1.807) is 0 Å². The summed E-state index contributed by atoms with van der Waals surface area (Å²) >= 11 is 5.22. The third-order valence-corrected chi connectivity index (χ3v) is 2.81. The first-order valence-electron chi connectivity index (χ1n) is 5.64. The van der Waals surface area contributed by atoms with Crippen LogP contribution in [0.4, 0.5) is 0 Å². The minimum Gasteiger partial charge on any atom is -0.343 e. The second-order valence-corrected chi connectivity index (χ2v) is 5.52. The Morgan fingerprint density at radius 1 is 1.12 bits per heavy atom. The lowest BCUT2D eigenvalue weighted by Crippen LogP contribution is -2.14. The monoisotopic (exact) mass is 244 g/mol. The molecule has 88 valence electrons. The molecule has 1 aromatic heterocycles. The second-order valence-electron chi connectivity index (χ2n) is 5.10. The Hall–Kier alpha value is -1.48. The third kappa shape index (κ3) is 2.80. The quantitative estimate of drug-likeness (QED) is 0.765. The molecule has 3 heteroatoms. The summed E-state index contributed by atoms with van der Waals surface area (Å²) in [4.78, 5) is 7.74. The zero-order chi connectivity index (χ0) is 12.5. The highest BCUT2D eigenvalue weighted by Gasteiger charge is 2.15. The molecule has 0 radical (unpaired) electrons. The molecule has 2 nitrogen and oxygen atoms in total. The zero-order valence-electron chi connectivity index (χ0n) is 10.3. The van der Waals surface area contributed by atoms with Crippen LogP contribution in [0.15, 0.2) is 36.4 Å². The molecule has 0 saturated carbocycles. The van der Waals surface area contributed by atoms with Gasteiger partial charge in [0.15, 0.2) is 0 Å². The zero-order valence-corrected chi connectivity index (χ0v) is 11.1. The van der Waals surface area contributed by atoms with Crippen LogP contribution >= 0.6 is 12.2 Å². The molecule has 0 amide bonds. The number of rotatable bonds is 1. The highest BCUT2D eigenvalue weighted by Crippen LogP contribution is 2.22. The van der Waals surface area contributed by atoms with Crippen molar-refractivity contribution in [2.24, 2.45) is 0 Å². The maximum absolute atomic E-state index is 5.22. The molecule has 0 aliphatic rings. The maximum Gasteiger partial charge on any atom is 0.139 e. The average molecular weight is 244 g/mol. The Bertz CT molecular complexity index is 565. The fraction of sp³-hybridized carbons (Fsp3) is 0.286. The minimum atomic E-state index is 0.0417. The Morgan fingerprint density at radius 3 is 2.35 bits per heavy atom. The number of aromatic nitrogens is 2. The lowest BCUT2D eigenvalue weighted by Gasteiger charge is -2.19. The first-order valence-corrected chi connectivity index (χ1v) is 6.05. The van der Waals surface area contributed by atoms with Crippen LogP contribution in [0.25, 0.3) is 11.4 Å². The van der Waals surface area contributed by atoms with E-state index in [0.717, 1.165) is 17.1 Å². The van der Waals surface area contributed by atoms with Crippen molar-refractivity contribution in [3.8, 4) is 11.4 Å². The van der Waals surface area contributed by atoms with Crippen LogP contribution in [0.5, 0.6) is 0 Å². The van der Waals surface area contributed by atoms with E-state index in [4.69, 9.17) is 12.2 Å². The van der Waals surface area contributed by atoms with Crippen molar-refractivity contribution >= 4 is 12.2 Å². The highest BCUT2D eigenvalue weighted by molar-refractivity contribution is 7.71. The van der Waals surface area contributed by atoms with Gasteiger partial charge in [-0.25, -0.2) is 4.98 Å². The predicted molar refractivity (Wildman–Crippen MR) is 73.6 cm³/mol. The summed E-state index contributed by atoms with van der Waals surface area (Å²) in [5, 5.41) is 0. The molecule has 0 saturated heterocycles. The lowest BCUT2D eigenvalue weighted by molar-refractivity contribution is 0.567. The molecule has 1 aromatic carbocycles. The fourth-order valence-corrected chi connectivity index (χ4v) is 1.80. The standard InChI is InChI=1S/C14H16N2S/c1-14(2,3)11-9-12(17)16-13(15-11)10-7-5-4-6-8-10/h4-9H,1-3H3,(H,15,16,17). The predicted octanol–water partition coefficient (Wildman–Crippen LogP) is 4.10. The molecule has 0 fully saturated rings. The second kappa shape index (κ2) is 4.41. The molecule has 17 heavy (non-hydrogen) atoms. The summed E-state index contributed by atoms with van der Waals surface area (Å²) in [5.74, 6) is 0.836. The summed E-state index contributed by atoms with van der Waals surface area (Å²) in [6.45, 7) is 6.47. The molecule has 0 aliphatic carbocycles. The number of benzene rings is 1. The number of H-pyrrole nitrogens is 1. The van der Waals surface area contributed by atoms with Gasteiger partial charge in [0.05, 0.1) is 0 Å². The largest absolute Gasteiger partial charge is 0.343 e. The summed E-state index contributed by atoms with van der Waals surface area (Å²) in [6, 6.07) is 12.0. The van der Waals surface area contributed by atoms with E-state index in [1.165, 1.54) is 0 Å². The van der Waals surface area contributed by atoms with E-state index >= 15 is 0 Å². The molecule has 0 spiro atoms. The molecule has 0 atom stereocenters. The molecule has 1 heterocycles. The van der Waals surface area contributed by atoms with Crippen LogP contribution in [0.2, 0.25) is 0 Å². The highest BCUT2D eigenvalue weighted by atomic mass is 32.1. The Balaban J connectivity index is 2.58. The fourth-order valence-electron chi connectivity index (χ4n) is 1.59. The van der Waals surface area contributed by atoms with Gasteiger partial charge in [-0.15, -0.1) is 0 Å². The Kier molecular flexibility index (Phi) is 3.11. The van der Waals surface area contributed by atoms with Gasteiger partial charge in [0.25, 0.3) is 0 Å². The van der Waals surface area contributed by atoms with Gasteiger partial charge in [-0.05, 0) is 6.07 Å². The molecule has 2 rings (SSSR count). The van der Waals surface area contributed by atoms with Gasteiger partial charge in [0.2, 0.25) is 0 Å². The summed E-state index contributed by atoms with van der Waals surface area (Å²) in [7, 11) is 0. The van der Waals surface area contributed by atoms with Crippen molar-refractivity contribution in [2.75, 3.05) is 0 Å². The van der Waals surface area contributed by atoms with Crippen LogP contribution in [0, 0.1) is 4.64 Å². The van der Waals surface area contributed by atoms with Crippen LogP contribution < -0.4 is 0 Å². The average Bonchev–Trinajstić information content (AvgIpc) is 2.28. The van der Waals surface area contributed by atoms with Crippen LogP contribution in [-0.2, 0) is 5.41 Å². The van der Waals surface area contributed by atoms with Gasteiger partial charge in [0, 0.05) is 16.7 Å². The molecule has 0 bridgehead atoms. The van der Waals surface area contributed by atoms with E-state index < -0.39 is 0 Å². The van der Waals surface area contributed by atoms with Gasteiger partial charge >= 0.3 is 0 Å². The van der Waals surface area contributed by atoms with Crippen molar-refractivity contribution < 1.29 is 0 Å². The van der Waals surface area contributed by atoms with Crippen molar-refractivity contribution in [1.29, 1.82) is 0 Å². The van der Waals surface area contributed by atoms with E-state index in [0.29, 0.717) is 4.64 Å². The number of nitrogens with zero attached hydrogens (tertiary/aromatic N) is 1. The lowest BCUT2D eigenvalue weighted by atomic mass is 9.92. The maximum atomic E-state index is 5.22. The number of hydrogen-bond donors (Lipinski definition) is 1. The van der Waals surface area contributed by atoms with Crippen molar-refractivity contribution in [3.05, 3.63) is 46.7 Å². The minimum absolute atomic E-state index is 0.0417. The van der Waals surface area contributed by atoms with E-state index in [-0.39, 0.29) is 5.41 Å². The molecule has 1 N–H and O–H groups in total. The summed E-state index contributed by atoms with van der Waals surface area (Å²) in [6.07, 6.45) is 0.